The van der Waals surface area contributed by atoms with Crippen LogP contribution in [-0.2, 0) is 11.2 Å². The second-order valence-corrected chi connectivity index (χ2v) is 10.2. The Morgan fingerprint density at radius 2 is 1.62 bits per heavy atom. The summed E-state index contributed by atoms with van der Waals surface area (Å²) in [5.41, 5.74) is 3.45. The van der Waals surface area contributed by atoms with E-state index in [0.717, 1.165) is 46.7 Å². The Balaban J connectivity index is 1.75. The molecule has 3 aromatic rings. The highest BCUT2D eigenvalue weighted by atomic mass is 16.7. The fraction of sp³-hybridized carbons (Fsp3) is 0.500. The van der Waals surface area contributed by atoms with E-state index in [4.69, 9.17) is 24.0 Å². The Morgan fingerprint density at radius 1 is 0.950 bits per heavy atom. The lowest BCUT2D eigenvalue weighted by Crippen LogP contribution is -2.60. The molecule has 0 aliphatic carbocycles. The van der Waals surface area contributed by atoms with E-state index in [9.17, 15) is 20.4 Å². The highest BCUT2D eigenvalue weighted by Crippen LogP contribution is 2.37. The summed E-state index contributed by atoms with van der Waals surface area (Å²) < 4.78 is 24.8. The normalized spacial score (nSPS) is 22.9. The number of rotatable bonds is 12. The molecule has 0 saturated carbocycles. The Hall–Kier alpha value is -3.15. The molecule has 1 aliphatic heterocycles. The number of unbranched alkanes of at least 4 members (excludes halogenated alkanes) is 1. The molecule has 2 heterocycles. The summed E-state index contributed by atoms with van der Waals surface area (Å²) in [4.78, 5) is 0. The largest absolute Gasteiger partial charge is 0.497 e. The van der Waals surface area contributed by atoms with Gasteiger partial charge in [-0.25, -0.2) is 0 Å². The molecule has 5 atom stereocenters. The third kappa shape index (κ3) is 6.59. The average Bonchev–Trinajstić information content (AvgIpc) is 3.32. The van der Waals surface area contributed by atoms with Gasteiger partial charge < -0.3 is 39.4 Å². The highest BCUT2D eigenvalue weighted by molar-refractivity contribution is 5.68. The van der Waals surface area contributed by atoms with Crippen molar-refractivity contribution in [2.75, 3.05) is 20.3 Å². The van der Waals surface area contributed by atoms with Crippen molar-refractivity contribution >= 4 is 0 Å². The third-order valence-corrected chi connectivity index (χ3v) is 6.97. The first-order chi connectivity index (χ1) is 19.3. The molecule has 0 bridgehead atoms. The first kappa shape index (κ1) is 29.8. The van der Waals surface area contributed by atoms with Crippen molar-refractivity contribution in [3.05, 3.63) is 59.7 Å². The van der Waals surface area contributed by atoms with Crippen LogP contribution in [0.2, 0.25) is 0 Å². The molecule has 4 N–H and O–H groups in total. The molecular formula is C30H40N2O8. The summed E-state index contributed by atoms with van der Waals surface area (Å²) in [7, 11) is 1.61. The maximum Gasteiger partial charge on any atom is 0.239 e. The number of aliphatic hydroxyl groups excluding tert-OH is 4. The molecule has 1 fully saturated rings. The number of aliphatic hydroxyl groups is 4. The van der Waals surface area contributed by atoms with Gasteiger partial charge in [-0.15, -0.1) is 5.10 Å². The van der Waals surface area contributed by atoms with Crippen molar-refractivity contribution in [3.63, 3.8) is 0 Å². The van der Waals surface area contributed by atoms with Gasteiger partial charge in [0, 0.05) is 23.6 Å². The van der Waals surface area contributed by atoms with E-state index in [1.165, 1.54) is 0 Å². The lowest BCUT2D eigenvalue weighted by molar-refractivity contribution is -0.278. The molecule has 1 aliphatic rings. The number of hydrogen-bond donors (Lipinski definition) is 4. The van der Waals surface area contributed by atoms with Crippen LogP contribution >= 0.6 is 0 Å². The van der Waals surface area contributed by atoms with Crippen LogP contribution in [0, 0.1) is 0 Å². The van der Waals surface area contributed by atoms with E-state index >= 15 is 0 Å². The zero-order chi connectivity index (χ0) is 28.8. The van der Waals surface area contributed by atoms with Crippen LogP contribution in [0.4, 0.5) is 0 Å². The van der Waals surface area contributed by atoms with Crippen LogP contribution < -0.4 is 14.2 Å². The topological polar surface area (TPSA) is 136 Å². The van der Waals surface area contributed by atoms with Gasteiger partial charge in [0.15, 0.2) is 0 Å². The lowest BCUT2D eigenvalue weighted by atomic mass is 9.99. The monoisotopic (exact) mass is 556 g/mol. The van der Waals surface area contributed by atoms with E-state index in [0.29, 0.717) is 13.0 Å². The van der Waals surface area contributed by atoms with Crippen LogP contribution in [0.25, 0.3) is 11.3 Å². The Bertz CT molecular complexity index is 1210. The number of benzene rings is 2. The molecule has 4 rings (SSSR count). The molecule has 1 saturated heterocycles. The van der Waals surface area contributed by atoms with Crippen molar-refractivity contribution in [2.24, 2.45) is 0 Å². The predicted octanol–water partition coefficient (Wildman–Crippen LogP) is 3.09. The number of aromatic nitrogens is 2. The molecule has 1 aromatic heterocycles. The smallest absolute Gasteiger partial charge is 0.239 e. The molecule has 218 valence electrons. The van der Waals surface area contributed by atoms with Gasteiger partial charge >= 0.3 is 0 Å². The number of hydrogen-bond acceptors (Lipinski definition) is 9. The maximum atomic E-state index is 10.6. The molecule has 10 nitrogen and oxygen atoms in total. The minimum Gasteiger partial charge on any atom is -0.497 e. The fourth-order valence-electron chi connectivity index (χ4n) is 4.65. The summed E-state index contributed by atoms with van der Waals surface area (Å²) in [6, 6.07) is 15.4. The Labute approximate surface area is 234 Å². The van der Waals surface area contributed by atoms with Crippen LogP contribution in [0.1, 0.15) is 50.8 Å². The zero-order valence-electron chi connectivity index (χ0n) is 23.4. The van der Waals surface area contributed by atoms with Gasteiger partial charge in [-0.1, -0.05) is 25.5 Å². The number of nitrogens with zero attached hydrogens (tertiary/aromatic N) is 2. The number of methoxy groups -OCH3 is 1. The lowest BCUT2D eigenvalue weighted by Gasteiger charge is -2.39. The quantitative estimate of drug-likeness (QED) is 0.248. The summed E-state index contributed by atoms with van der Waals surface area (Å²) >= 11 is 0. The minimum absolute atomic E-state index is 0.0442. The van der Waals surface area contributed by atoms with E-state index < -0.39 is 37.3 Å². The van der Waals surface area contributed by atoms with E-state index in [1.54, 1.807) is 7.11 Å². The number of ether oxygens (including phenoxy) is 4. The van der Waals surface area contributed by atoms with E-state index in [1.807, 2.05) is 67.1 Å². The summed E-state index contributed by atoms with van der Waals surface area (Å²) in [5.74, 6) is 1.73. The highest BCUT2D eigenvalue weighted by Gasteiger charge is 2.45. The van der Waals surface area contributed by atoms with Crippen molar-refractivity contribution in [2.45, 2.75) is 76.8 Å². The van der Waals surface area contributed by atoms with Gasteiger partial charge in [0.25, 0.3) is 0 Å². The first-order valence-electron chi connectivity index (χ1n) is 13.7. The molecule has 40 heavy (non-hydrogen) atoms. The fourth-order valence-corrected chi connectivity index (χ4v) is 4.65. The van der Waals surface area contributed by atoms with E-state index in [2.05, 4.69) is 6.92 Å². The van der Waals surface area contributed by atoms with Crippen molar-refractivity contribution in [1.82, 2.24) is 9.78 Å². The third-order valence-electron chi connectivity index (χ3n) is 6.97. The second kappa shape index (κ2) is 13.5. The van der Waals surface area contributed by atoms with Crippen molar-refractivity contribution in [3.8, 4) is 28.6 Å². The van der Waals surface area contributed by atoms with Gasteiger partial charge in [0.05, 0.1) is 26.0 Å². The average molecular weight is 557 g/mol. The standard InChI is InChI=1S/C30H40N2O8/c1-5-6-15-38-22-13-9-20(10-14-22)25-23(16-19-7-11-21(37-4)12-8-19)29(31-32(25)18(2)3)40-30-28(36)27(35)26(34)24(17-33)39-30/h7-14,18,24,26-28,30,33-36H,5-6,15-17H2,1-4H3/t24-,26-,27+,28-,30+/m1/s1. The van der Waals surface area contributed by atoms with Gasteiger partial charge in [-0.3, -0.25) is 4.68 Å². The zero-order valence-corrected chi connectivity index (χ0v) is 23.4. The molecule has 0 amide bonds. The van der Waals surface area contributed by atoms with Crippen molar-refractivity contribution < 1.29 is 39.4 Å². The van der Waals surface area contributed by atoms with Gasteiger partial charge in [-0.05, 0) is 62.2 Å². The van der Waals surface area contributed by atoms with Crippen LogP contribution in [-0.4, -0.2) is 81.2 Å². The predicted molar refractivity (Wildman–Crippen MR) is 149 cm³/mol. The van der Waals surface area contributed by atoms with Gasteiger partial charge in [0.1, 0.15) is 35.9 Å². The van der Waals surface area contributed by atoms with E-state index in [-0.39, 0.29) is 11.9 Å². The first-order valence-corrected chi connectivity index (χ1v) is 13.7. The SMILES string of the molecule is CCCCOc1ccc(-c2c(Cc3ccc(OC)cc3)c(O[C@@H]3O[C@H](CO)[C@@H](O)[C@H](O)[C@H]3O)nn2C(C)C)cc1. The van der Waals surface area contributed by atoms with Gasteiger partial charge in [0.2, 0.25) is 12.2 Å². The Kier molecular flexibility index (Phi) is 10.0. The minimum atomic E-state index is -1.56. The maximum absolute atomic E-state index is 10.6. The van der Waals surface area contributed by atoms with Crippen molar-refractivity contribution in [1.29, 1.82) is 0 Å². The molecular weight excluding hydrogens is 516 g/mol. The van der Waals surface area contributed by atoms with Crippen LogP contribution in [0.3, 0.4) is 0 Å². The Morgan fingerprint density at radius 3 is 2.23 bits per heavy atom. The molecule has 0 unspecified atom stereocenters. The van der Waals surface area contributed by atoms with Gasteiger partial charge in [-0.2, -0.15) is 0 Å². The molecule has 0 radical (unpaired) electrons. The van der Waals surface area contributed by atoms with Crippen LogP contribution in [0.5, 0.6) is 17.4 Å². The van der Waals surface area contributed by atoms with Crippen LogP contribution in [0.15, 0.2) is 48.5 Å². The summed E-state index contributed by atoms with van der Waals surface area (Å²) in [6.07, 6.45) is -4.59. The summed E-state index contributed by atoms with van der Waals surface area (Å²) in [5, 5.41) is 45.5. The summed E-state index contributed by atoms with van der Waals surface area (Å²) in [6.45, 7) is 6.23. The molecule has 2 aromatic carbocycles. The molecule has 10 heteroatoms. The second-order valence-electron chi connectivity index (χ2n) is 10.2. The molecule has 0 spiro atoms.